The fraction of sp³-hybridized carbons (Fsp3) is 0.471. The lowest BCUT2D eigenvalue weighted by Crippen LogP contribution is -2.47. The Morgan fingerprint density at radius 2 is 1.85 bits per heavy atom. The van der Waals surface area contributed by atoms with Gasteiger partial charge in [0, 0.05) is 32.6 Å². The van der Waals surface area contributed by atoms with Crippen LogP contribution in [-0.2, 0) is 22.9 Å². The van der Waals surface area contributed by atoms with Gasteiger partial charge in [-0.3, -0.25) is 4.72 Å². The summed E-state index contributed by atoms with van der Waals surface area (Å²) in [6.45, 7) is 5.84. The molecule has 2 heterocycles. The molecule has 2 aromatic rings. The second kappa shape index (κ2) is 8.59. The fourth-order valence-electron chi connectivity index (χ4n) is 2.74. The van der Waals surface area contributed by atoms with E-state index < -0.39 is 10.0 Å². The van der Waals surface area contributed by atoms with Crippen molar-refractivity contribution in [3.8, 4) is 0 Å². The standard InChI is InChI=1S/C17H23N5O2S3/c1-3-15-18-19-17(26-15)20-27(23,24)14-6-4-13(5-7-14)12-16(25)22-10-8-21(2)9-11-22/h4-7H,3,8-12H2,1-2H3,(H,19,20). The minimum Gasteiger partial charge on any atom is -0.363 e. The largest absolute Gasteiger partial charge is 0.363 e. The van der Waals surface area contributed by atoms with E-state index in [0.717, 1.165) is 48.2 Å². The molecule has 3 rings (SSSR count). The van der Waals surface area contributed by atoms with E-state index in [0.29, 0.717) is 6.42 Å². The Hall–Kier alpha value is -1.62. The van der Waals surface area contributed by atoms with Gasteiger partial charge >= 0.3 is 0 Å². The molecular weight excluding hydrogens is 402 g/mol. The quantitative estimate of drug-likeness (QED) is 0.710. The Kier molecular flexibility index (Phi) is 6.40. The molecule has 1 aliphatic heterocycles. The van der Waals surface area contributed by atoms with Gasteiger partial charge < -0.3 is 9.80 Å². The lowest BCUT2D eigenvalue weighted by Gasteiger charge is -2.34. The van der Waals surface area contributed by atoms with Gasteiger partial charge in [-0.25, -0.2) is 8.42 Å². The van der Waals surface area contributed by atoms with Crippen LogP contribution < -0.4 is 4.72 Å². The van der Waals surface area contributed by atoms with Crippen molar-refractivity contribution < 1.29 is 8.42 Å². The predicted molar refractivity (Wildman–Crippen MR) is 112 cm³/mol. The summed E-state index contributed by atoms with van der Waals surface area (Å²) >= 11 is 6.81. The minimum absolute atomic E-state index is 0.199. The summed E-state index contributed by atoms with van der Waals surface area (Å²) in [5.41, 5.74) is 1.00. The second-order valence-electron chi connectivity index (χ2n) is 6.46. The zero-order valence-corrected chi connectivity index (χ0v) is 17.8. The minimum atomic E-state index is -3.67. The number of benzene rings is 1. The van der Waals surface area contributed by atoms with E-state index in [1.807, 2.05) is 19.1 Å². The maximum Gasteiger partial charge on any atom is 0.263 e. The molecular formula is C17H23N5O2S3. The molecule has 0 bridgehead atoms. The van der Waals surface area contributed by atoms with E-state index in [1.165, 1.54) is 11.3 Å². The zero-order chi connectivity index (χ0) is 19.4. The van der Waals surface area contributed by atoms with Gasteiger partial charge in [-0.1, -0.05) is 42.6 Å². The van der Waals surface area contributed by atoms with Gasteiger partial charge in [0.2, 0.25) is 5.13 Å². The van der Waals surface area contributed by atoms with Crippen molar-refractivity contribution in [2.45, 2.75) is 24.7 Å². The number of hydrogen-bond acceptors (Lipinski definition) is 7. The number of piperazine rings is 1. The van der Waals surface area contributed by atoms with Gasteiger partial charge in [-0.15, -0.1) is 10.2 Å². The predicted octanol–water partition coefficient (Wildman–Crippen LogP) is 2.02. The molecule has 0 saturated carbocycles. The van der Waals surface area contributed by atoms with E-state index in [4.69, 9.17) is 12.2 Å². The number of aryl methyl sites for hydroxylation is 1. The zero-order valence-electron chi connectivity index (χ0n) is 15.4. The van der Waals surface area contributed by atoms with Crippen LogP contribution in [0.2, 0.25) is 0 Å². The smallest absolute Gasteiger partial charge is 0.263 e. The van der Waals surface area contributed by atoms with Gasteiger partial charge in [0.1, 0.15) is 5.01 Å². The van der Waals surface area contributed by atoms with Crippen LogP contribution in [0.3, 0.4) is 0 Å². The first-order chi connectivity index (χ1) is 12.9. The summed E-state index contributed by atoms with van der Waals surface area (Å²) in [6.07, 6.45) is 1.37. The Labute approximate surface area is 169 Å². The highest BCUT2D eigenvalue weighted by Crippen LogP contribution is 2.20. The molecule has 1 aromatic heterocycles. The molecule has 0 atom stereocenters. The van der Waals surface area contributed by atoms with E-state index in [9.17, 15) is 8.42 Å². The maximum absolute atomic E-state index is 12.5. The molecule has 10 heteroatoms. The van der Waals surface area contributed by atoms with Crippen molar-refractivity contribution in [3.05, 3.63) is 34.8 Å². The molecule has 1 aromatic carbocycles. The van der Waals surface area contributed by atoms with E-state index in [1.54, 1.807) is 12.1 Å². The number of nitrogens with one attached hydrogen (secondary N) is 1. The Morgan fingerprint density at radius 1 is 1.19 bits per heavy atom. The Balaban J connectivity index is 1.63. The van der Waals surface area contributed by atoms with Crippen LogP contribution in [0, 0.1) is 0 Å². The topological polar surface area (TPSA) is 78.4 Å². The molecule has 1 fully saturated rings. The Morgan fingerprint density at radius 3 is 2.44 bits per heavy atom. The van der Waals surface area contributed by atoms with Gasteiger partial charge in [0.25, 0.3) is 10.0 Å². The number of hydrogen-bond donors (Lipinski definition) is 1. The van der Waals surface area contributed by atoms with Gasteiger partial charge in [0.15, 0.2) is 0 Å². The molecule has 1 aliphatic rings. The SMILES string of the molecule is CCc1nnc(NS(=O)(=O)c2ccc(CC(=S)N3CCN(C)CC3)cc2)s1. The fourth-order valence-corrected chi connectivity index (χ4v) is 5.00. The molecule has 27 heavy (non-hydrogen) atoms. The van der Waals surface area contributed by atoms with Crippen LogP contribution in [0.4, 0.5) is 5.13 Å². The summed E-state index contributed by atoms with van der Waals surface area (Å²) in [6, 6.07) is 6.83. The van der Waals surface area contributed by atoms with Crippen LogP contribution in [0.15, 0.2) is 29.2 Å². The normalized spacial score (nSPS) is 15.7. The lowest BCUT2D eigenvalue weighted by atomic mass is 10.1. The summed E-state index contributed by atoms with van der Waals surface area (Å²) < 4.78 is 27.5. The molecule has 1 saturated heterocycles. The number of likely N-dealkylation sites (N-methyl/N-ethyl adjacent to an activating group) is 1. The highest BCUT2D eigenvalue weighted by atomic mass is 32.2. The molecule has 0 amide bonds. The first kappa shape index (κ1) is 20.1. The van der Waals surface area contributed by atoms with Crippen LogP contribution in [-0.4, -0.2) is 66.6 Å². The van der Waals surface area contributed by atoms with Crippen molar-refractivity contribution >= 4 is 43.7 Å². The van der Waals surface area contributed by atoms with Crippen molar-refractivity contribution in [1.82, 2.24) is 20.0 Å². The third-order valence-electron chi connectivity index (χ3n) is 4.44. The van der Waals surface area contributed by atoms with E-state index in [2.05, 4.69) is 31.8 Å². The highest BCUT2D eigenvalue weighted by Gasteiger charge is 2.18. The summed E-state index contributed by atoms with van der Waals surface area (Å²) in [4.78, 5) is 5.61. The van der Waals surface area contributed by atoms with Crippen LogP contribution in [0.1, 0.15) is 17.5 Å². The van der Waals surface area contributed by atoms with Crippen LogP contribution in [0.5, 0.6) is 0 Å². The summed E-state index contributed by atoms with van der Waals surface area (Å²) in [5.74, 6) is 0. The third kappa shape index (κ3) is 5.22. The third-order valence-corrected chi connectivity index (χ3v) is 7.31. The average molecular weight is 426 g/mol. The number of aromatic nitrogens is 2. The molecule has 7 nitrogen and oxygen atoms in total. The first-order valence-electron chi connectivity index (χ1n) is 8.78. The van der Waals surface area contributed by atoms with E-state index >= 15 is 0 Å². The maximum atomic E-state index is 12.5. The molecule has 0 aliphatic carbocycles. The molecule has 1 N–H and O–H groups in total. The second-order valence-corrected chi connectivity index (χ2v) is 9.68. The van der Waals surface area contributed by atoms with E-state index in [-0.39, 0.29) is 10.0 Å². The van der Waals surface area contributed by atoms with Crippen molar-refractivity contribution in [3.63, 3.8) is 0 Å². The average Bonchev–Trinajstić information content (AvgIpc) is 3.09. The first-order valence-corrected chi connectivity index (χ1v) is 11.5. The summed E-state index contributed by atoms with van der Waals surface area (Å²) in [5, 5.41) is 8.87. The molecule has 146 valence electrons. The number of rotatable bonds is 6. The van der Waals surface area contributed by atoms with Gasteiger partial charge in [-0.05, 0) is 31.2 Å². The number of sulfonamides is 1. The number of nitrogens with zero attached hydrogens (tertiary/aromatic N) is 4. The van der Waals surface area contributed by atoms with Crippen molar-refractivity contribution in [2.24, 2.45) is 0 Å². The van der Waals surface area contributed by atoms with Gasteiger partial charge in [0.05, 0.1) is 9.88 Å². The van der Waals surface area contributed by atoms with Crippen molar-refractivity contribution in [2.75, 3.05) is 37.9 Å². The highest BCUT2D eigenvalue weighted by molar-refractivity contribution is 7.93. The Bertz CT molecular complexity index is 888. The molecule has 0 radical (unpaired) electrons. The molecule has 0 unspecified atom stereocenters. The van der Waals surface area contributed by atoms with Crippen LogP contribution in [0.25, 0.3) is 0 Å². The monoisotopic (exact) mass is 425 g/mol. The summed E-state index contributed by atoms with van der Waals surface area (Å²) in [7, 11) is -1.56. The van der Waals surface area contributed by atoms with Crippen molar-refractivity contribution in [1.29, 1.82) is 0 Å². The number of anilines is 1. The lowest BCUT2D eigenvalue weighted by molar-refractivity contribution is 0.216. The van der Waals surface area contributed by atoms with Gasteiger partial charge in [-0.2, -0.15) is 0 Å². The van der Waals surface area contributed by atoms with Crippen LogP contribution >= 0.6 is 23.6 Å². The number of thiocarbonyl (C=S) groups is 1. The molecule has 0 spiro atoms.